The lowest BCUT2D eigenvalue weighted by atomic mass is 9.80. The van der Waals surface area contributed by atoms with Crippen molar-refractivity contribution in [1.29, 1.82) is 0 Å². The van der Waals surface area contributed by atoms with E-state index in [-0.39, 0.29) is 11.3 Å². The molecule has 0 unspecified atom stereocenters. The zero-order valence-electron chi connectivity index (χ0n) is 11.6. The molecule has 1 N–H and O–H groups in total. The van der Waals surface area contributed by atoms with Gasteiger partial charge in [0.2, 0.25) is 0 Å². The fraction of sp³-hybridized carbons (Fsp3) is 0.533. The lowest BCUT2D eigenvalue weighted by Gasteiger charge is -2.37. The van der Waals surface area contributed by atoms with Crippen molar-refractivity contribution in [3.05, 3.63) is 29.8 Å². The third-order valence-corrected chi connectivity index (χ3v) is 4.26. The van der Waals surface area contributed by atoms with Gasteiger partial charge in [-0.15, -0.1) is 12.6 Å². The quantitative estimate of drug-likeness (QED) is 0.832. The number of thiol groups is 1. The summed E-state index contributed by atoms with van der Waals surface area (Å²) in [5.74, 6) is -0.00365. The third-order valence-electron chi connectivity index (χ3n) is 3.98. The van der Waals surface area contributed by atoms with E-state index in [9.17, 15) is 4.79 Å². The van der Waals surface area contributed by atoms with Crippen LogP contribution in [0.2, 0.25) is 0 Å². The van der Waals surface area contributed by atoms with Crippen LogP contribution in [-0.2, 0) is 0 Å². The van der Waals surface area contributed by atoms with Gasteiger partial charge >= 0.3 is 0 Å². The van der Waals surface area contributed by atoms with E-state index in [4.69, 9.17) is 0 Å². The second kappa shape index (κ2) is 5.97. The number of nitrogens with zero attached hydrogens (tertiary/aromatic N) is 1. The summed E-state index contributed by atoms with van der Waals surface area (Å²) in [4.78, 5) is 15.2. The molecule has 0 bridgehead atoms. The maximum Gasteiger partial charge on any atom is 0.251 e. The zero-order valence-corrected chi connectivity index (χ0v) is 12.5. The van der Waals surface area contributed by atoms with Crippen molar-refractivity contribution in [2.24, 2.45) is 5.41 Å². The summed E-state index contributed by atoms with van der Waals surface area (Å²) in [6, 6.07) is 7.36. The SMILES string of the molecule is CN1CCC(C)(CNC(=O)c2cccc(S)c2)CC1. The van der Waals surface area contributed by atoms with Gasteiger partial charge in [0.25, 0.3) is 5.91 Å². The molecular weight excluding hydrogens is 256 g/mol. The summed E-state index contributed by atoms with van der Waals surface area (Å²) < 4.78 is 0. The molecular formula is C15H22N2OS. The molecule has 19 heavy (non-hydrogen) atoms. The van der Waals surface area contributed by atoms with E-state index in [1.54, 1.807) is 6.07 Å². The fourth-order valence-electron chi connectivity index (χ4n) is 2.38. The van der Waals surface area contributed by atoms with Gasteiger partial charge in [-0.3, -0.25) is 4.79 Å². The highest BCUT2D eigenvalue weighted by Crippen LogP contribution is 2.29. The number of rotatable bonds is 3. The van der Waals surface area contributed by atoms with E-state index < -0.39 is 0 Å². The van der Waals surface area contributed by atoms with Crippen molar-refractivity contribution in [2.45, 2.75) is 24.7 Å². The van der Waals surface area contributed by atoms with Crippen LogP contribution >= 0.6 is 12.6 Å². The number of likely N-dealkylation sites (tertiary alicyclic amines) is 1. The van der Waals surface area contributed by atoms with Crippen LogP contribution in [0.5, 0.6) is 0 Å². The average molecular weight is 278 g/mol. The van der Waals surface area contributed by atoms with Crippen molar-refractivity contribution in [3.63, 3.8) is 0 Å². The number of benzene rings is 1. The van der Waals surface area contributed by atoms with Crippen LogP contribution in [-0.4, -0.2) is 37.5 Å². The molecule has 0 atom stereocenters. The molecule has 0 aliphatic carbocycles. The molecule has 1 aliphatic heterocycles. The first-order valence-corrected chi connectivity index (χ1v) is 7.19. The number of piperidine rings is 1. The van der Waals surface area contributed by atoms with Gasteiger partial charge in [0, 0.05) is 17.0 Å². The van der Waals surface area contributed by atoms with Crippen molar-refractivity contribution >= 4 is 18.5 Å². The van der Waals surface area contributed by atoms with Crippen LogP contribution in [0.3, 0.4) is 0 Å². The van der Waals surface area contributed by atoms with E-state index in [2.05, 4.69) is 36.8 Å². The van der Waals surface area contributed by atoms with Crippen LogP contribution in [0.25, 0.3) is 0 Å². The number of nitrogens with one attached hydrogen (secondary N) is 1. The lowest BCUT2D eigenvalue weighted by molar-refractivity contribution is 0.0891. The summed E-state index contributed by atoms with van der Waals surface area (Å²) in [6.45, 7) is 5.22. The fourth-order valence-corrected chi connectivity index (χ4v) is 2.60. The Hall–Kier alpha value is -1.00. The number of carbonyl (C=O) groups excluding carboxylic acids is 1. The number of carbonyl (C=O) groups is 1. The molecule has 3 nitrogen and oxygen atoms in total. The van der Waals surface area contributed by atoms with Gasteiger partial charge in [0.1, 0.15) is 0 Å². The minimum Gasteiger partial charge on any atom is -0.351 e. The van der Waals surface area contributed by atoms with Gasteiger partial charge in [0.15, 0.2) is 0 Å². The molecule has 1 saturated heterocycles. The van der Waals surface area contributed by atoms with Crippen LogP contribution in [0.1, 0.15) is 30.1 Å². The van der Waals surface area contributed by atoms with Gasteiger partial charge in [-0.2, -0.15) is 0 Å². The molecule has 1 heterocycles. The van der Waals surface area contributed by atoms with Gasteiger partial charge in [-0.1, -0.05) is 13.0 Å². The largest absolute Gasteiger partial charge is 0.351 e. The topological polar surface area (TPSA) is 32.3 Å². The summed E-state index contributed by atoms with van der Waals surface area (Å²) >= 11 is 4.26. The van der Waals surface area contributed by atoms with Crippen LogP contribution in [0.4, 0.5) is 0 Å². The van der Waals surface area contributed by atoms with Crippen molar-refractivity contribution in [2.75, 3.05) is 26.7 Å². The van der Waals surface area contributed by atoms with E-state index in [0.717, 1.165) is 37.4 Å². The Kier molecular flexibility index (Phi) is 4.53. The van der Waals surface area contributed by atoms with Crippen LogP contribution in [0, 0.1) is 5.41 Å². The summed E-state index contributed by atoms with van der Waals surface area (Å²) in [6.07, 6.45) is 2.27. The Labute approximate surface area is 120 Å². The van der Waals surface area contributed by atoms with Gasteiger partial charge in [-0.25, -0.2) is 0 Å². The molecule has 0 aromatic heterocycles. The first-order valence-electron chi connectivity index (χ1n) is 6.74. The molecule has 1 amide bonds. The van der Waals surface area contributed by atoms with Gasteiger partial charge < -0.3 is 10.2 Å². The van der Waals surface area contributed by atoms with E-state index in [0.29, 0.717) is 5.56 Å². The highest BCUT2D eigenvalue weighted by Gasteiger charge is 2.29. The smallest absolute Gasteiger partial charge is 0.251 e. The zero-order chi connectivity index (χ0) is 13.9. The first-order chi connectivity index (χ1) is 8.98. The van der Waals surface area contributed by atoms with Crippen LogP contribution < -0.4 is 5.32 Å². The Morgan fingerprint density at radius 3 is 2.74 bits per heavy atom. The molecule has 0 saturated carbocycles. The standard InChI is InChI=1S/C15H22N2OS/c1-15(6-8-17(2)9-7-15)11-16-14(18)12-4-3-5-13(19)10-12/h3-5,10,19H,6-9,11H2,1-2H3,(H,16,18). The van der Waals surface area contributed by atoms with Gasteiger partial charge in [-0.05, 0) is 56.6 Å². The van der Waals surface area contributed by atoms with Crippen molar-refractivity contribution in [3.8, 4) is 0 Å². The molecule has 2 rings (SSSR count). The highest BCUT2D eigenvalue weighted by molar-refractivity contribution is 7.80. The van der Waals surface area contributed by atoms with Crippen LogP contribution in [0.15, 0.2) is 29.2 Å². The monoisotopic (exact) mass is 278 g/mol. The number of hydrogen-bond acceptors (Lipinski definition) is 3. The summed E-state index contributed by atoms with van der Waals surface area (Å²) in [5.41, 5.74) is 0.907. The average Bonchev–Trinajstić information content (AvgIpc) is 2.40. The maximum atomic E-state index is 12.1. The first kappa shape index (κ1) is 14.4. The summed E-state index contributed by atoms with van der Waals surface area (Å²) in [7, 11) is 2.15. The van der Waals surface area contributed by atoms with E-state index >= 15 is 0 Å². The Bertz CT molecular complexity index is 453. The molecule has 0 radical (unpaired) electrons. The van der Waals surface area contributed by atoms with Gasteiger partial charge in [0.05, 0.1) is 0 Å². The predicted molar refractivity (Wildman–Crippen MR) is 80.9 cm³/mol. The molecule has 1 aromatic carbocycles. The molecule has 4 heteroatoms. The summed E-state index contributed by atoms with van der Waals surface area (Å²) in [5, 5.41) is 3.06. The molecule has 1 aliphatic rings. The maximum absolute atomic E-state index is 12.1. The minimum atomic E-state index is -0.00365. The number of hydrogen-bond donors (Lipinski definition) is 2. The second-order valence-corrected chi connectivity index (χ2v) is 6.36. The third kappa shape index (κ3) is 3.98. The normalized spacial score (nSPS) is 19.1. The van der Waals surface area contributed by atoms with Crippen molar-refractivity contribution < 1.29 is 4.79 Å². The Balaban J connectivity index is 1.90. The predicted octanol–water partition coefficient (Wildman–Crippen LogP) is 2.44. The Morgan fingerprint density at radius 2 is 2.11 bits per heavy atom. The molecule has 104 valence electrons. The van der Waals surface area contributed by atoms with Crippen molar-refractivity contribution in [1.82, 2.24) is 10.2 Å². The molecule has 0 spiro atoms. The lowest BCUT2D eigenvalue weighted by Crippen LogP contribution is -2.43. The second-order valence-electron chi connectivity index (χ2n) is 5.85. The molecule has 1 fully saturated rings. The molecule has 1 aromatic rings. The minimum absolute atomic E-state index is 0.00365. The Morgan fingerprint density at radius 1 is 1.42 bits per heavy atom. The van der Waals surface area contributed by atoms with E-state index in [1.807, 2.05) is 18.2 Å². The number of amides is 1. The van der Waals surface area contributed by atoms with E-state index in [1.165, 1.54) is 0 Å². The highest BCUT2D eigenvalue weighted by atomic mass is 32.1.